The van der Waals surface area contributed by atoms with Crippen LogP contribution in [0.4, 0.5) is 0 Å². The second-order valence-electron chi connectivity index (χ2n) is 18.0. The van der Waals surface area contributed by atoms with E-state index in [9.17, 15) is 10.2 Å². The van der Waals surface area contributed by atoms with E-state index < -0.39 is 0 Å². The monoisotopic (exact) mass is 1040 g/mol. The van der Waals surface area contributed by atoms with E-state index in [1.54, 1.807) is 24.3 Å². The summed E-state index contributed by atoms with van der Waals surface area (Å²) >= 11 is 5.27. The predicted molar refractivity (Wildman–Crippen MR) is 276 cm³/mol. The summed E-state index contributed by atoms with van der Waals surface area (Å²) in [6.45, 7) is 35.5. The van der Waals surface area contributed by atoms with Crippen molar-refractivity contribution in [2.45, 2.75) is 95.4 Å². The van der Waals surface area contributed by atoms with Crippen molar-refractivity contribution in [1.82, 2.24) is 0 Å². The van der Waals surface area contributed by atoms with Gasteiger partial charge in [0.05, 0.1) is 31.8 Å². The quantitative estimate of drug-likeness (QED) is 0.0195. The molecule has 71 heavy (non-hydrogen) atoms. The van der Waals surface area contributed by atoms with Crippen molar-refractivity contribution < 1.29 is 153 Å². The Bertz CT molecular complexity index is 2330. The summed E-state index contributed by atoms with van der Waals surface area (Å²) in [6, 6.07) is 20.8. The van der Waals surface area contributed by atoms with Crippen LogP contribution in [0.3, 0.4) is 0 Å². The third-order valence-corrected chi connectivity index (χ3v) is 12.3. The van der Waals surface area contributed by atoms with Gasteiger partial charge < -0.3 is 45.5 Å². The number of hydrogen-bond donors (Lipinski definition) is 2. The van der Waals surface area contributed by atoms with E-state index in [-0.39, 0.29) is 139 Å². The fraction of sp³-hybridized carbons (Fsp3) is 0.362. The molecule has 7 rings (SSSR count). The van der Waals surface area contributed by atoms with Gasteiger partial charge in [0.15, 0.2) is 0 Å². The summed E-state index contributed by atoms with van der Waals surface area (Å²) in [4.78, 5) is 11.2. The first-order chi connectivity index (χ1) is 33.1. The minimum Gasteiger partial charge on any atom is -1.00 e. The van der Waals surface area contributed by atoms with E-state index in [2.05, 4.69) is 102 Å². The molecule has 3 saturated heterocycles. The predicted octanol–water partition coefficient (Wildman–Crippen LogP) is 4.54. The molecule has 0 amide bonds. The minimum atomic E-state index is -0.289. The van der Waals surface area contributed by atoms with E-state index >= 15 is 0 Å². The van der Waals surface area contributed by atoms with Crippen LogP contribution in [0.25, 0.3) is 0 Å². The Morgan fingerprint density at radius 1 is 0.592 bits per heavy atom. The Labute approximate surface area is 514 Å². The van der Waals surface area contributed by atoms with Gasteiger partial charge in [-0.25, -0.2) is 0 Å². The Hall–Kier alpha value is -2.61. The summed E-state index contributed by atoms with van der Waals surface area (Å²) in [5.41, 5.74) is 10.2. The van der Waals surface area contributed by atoms with Crippen LogP contribution in [0.15, 0.2) is 137 Å². The molecule has 3 aliphatic rings. The van der Waals surface area contributed by atoms with Gasteiger partial charge in [-0.1, -0.05) is 113 Å². The van der Waals surface area contributed by atoms with E-state index in [1.165, 1.54) is 11.1 Å². The molecule has 3 heterocycles. The summed E-state index contributed by atoms with van der Waals surface area (Å²) in [5, 5.41) is 29.0. The van der Waals surface area contributed by atoms with Crippen LogP contribution in [0.2, 0.25) is 0 Å². The number of carbonyl (C=O) groups excluding carboxylic acids is 1. The molecule has 10 nitrogen and oxygen atoms in total. The fourth-order valence-electron chi connectivity index (χ4n) is 7.55. The molecule has 0 spiro atoms. The number of benzene rings is 4. The van der Waals surface area contributed by atoms with E-state index in [0.717, 1.165) is 95.1 Å². The number of phenolic OH excluding ortho intramolecular Hbond substituents is 2. The van der Waals surface area contributed by atoms with Gasteiger partial charge in [-0.05, 0) is 106 Å². The SMILES string of the molecule is C=CCc1cc(C(C)(C)c2cc(CC=C)c(O)c(CC=C)c2)ccc1O.C=CCc1cc(C(C)(C)c2cc(CC=C)c(OCC3CO3)c(CC=C)c2)ccc1OCC1CO1.ClCC1CO1.O=CO[O-].[H-].[K+].[K+]. The van der Waals surface area contributed by atoms with Crippen LogP contribution in [0.5, 0.6) is 23.0 Å². The van der Waals surface area contributed by atoms with Crippen LogP contribution in [0, 0.1) is 0 Å². The van der Waals surface area contributed by atoms with Gasteiger partial charge in [0.1, 0.15) is 48.4 Å². The molecule has 4 aromatic carbocycles. The van der Waals surface area contributed by atoms with Gasteiger partial charge in [0.2, 0.25) is 0 Å². The molecule has 2 N–H and O–H groups in total. The summed E-state index contributed by atoms with van der Waals surface area (Å²) in [6.07, 6.45) is 16.1. The molecule has 0 saturated carbocycles. The first kappa shape index (κ1) is 64.5. The Kier molecular flexibility index (Phi) is 29.7. The molecular weight excluding hydrogens is 970 g/mol. The molecule has 3 atom stereocenters. The molecule has 3 aliphatic heterocycles. The van der Waals surface area contributed by atoms with E-state index in [4.69, 9.17) is 45.3 Å². The molecule has 0 aliphatic carbocycles. The summed E-state index contributed by atoms with van der Waals surface area (Å²) in [7, 11) is 0. The normalized spacial score (nSPS) is 15.8. The maximum atomic E-state index is 10.5. The van der Waals surface area contributed by atoms with Crippen LogP contribution in [-0.4, -0.2) is 73.9 Å². The number of epoxide rings is 3. The van der Waals surface area contributed by atoms with Crippen LogP contribution >= 0.6 is 11.6 Å². The van der Waals surface area contributed by atoms with Crippen molar-refractivity contribution in [1.29, 1.82) is 0 Å². The number of allylic oxidation sites excluding steroid dienone is 6. The zero-order valence-corrected chi connectivity index (χ0v) is 49.8. The number of ether oxygens (including phenoxy) is 5. The third kappa shape index (κ3) is 20.2. The van der Waals surface area contributed by atoms with Gasteiger partial charge >= 0.3 is 103 Å². The molecule has 372 valence electrons. The summed E-state index contributed by atoms with van der Waals surface area (Å²) < 4.78 is 27.6. The molecule has 3 fully saturated rings. The van der Waals surface area contributed by atoms with Crippen LogP contribution in [-0.2, 0) is 73.2 Å². The maximum Gasteiger partial charge on any atom is 1.00 e. The summed E-state index contributed by atoms with van der Waals surface area (Å²) in [5.74, 6) is 3.12. The van der Waals surface area contributed by atoms with E-state index in [1.807, 2.05) is 42.5 Å². The molecule has 3 unspecified atom stereocenters. The molecular formula is C58H71ClK2O10. The zero-order chi connectivity index (χ0) is 50.6. The van der Waals surface area contributed by atoms with Crippen molar-refractivity contribution in [3.8, 4) is 23.0 Å². The topological polar surface area (TPSA) is 146 Å². The van der Waals surface area contributed by atoms with Crippen molar-refractivity contribution in [2.75, 3.05) is 38.9 Å². The largest absolute Gasteiger partial charge is 1.00 e. The third-order valence-electron chi connectivity index (χ3n) is 12.0. The standard InChI is InChI=1S/C30H36O4.C24H28O2.C3H5ClO.CH2O3.2K.H/c1-6-9-21-14-24(12-13-28(21)33-19-26-17-31-26)30(4,5)25-15-22(10-7-2)29(23(16-25)11-8-3)34-20-27-18-32-27;1-6-9-17-14-20(12-13-22(17)25)24(4,5)21-15-18(10-7-2)23(26)19(16-21)11-8-3;4-1-3-2-5-3;2-1-4-3;;;/h6-8,12-16,26-27H,1-3,9-11,17-20H2,4-5H3;6-8,12-16,25-26H,1-3,9-11H2,4-5H3;3H,1-2H2;1,3H;;;/q;;;;2*+1;-1/p-1. The molecule has 0 bridgehead atoms. The number of aromatic hydroxyl groups is 2. The zero-order valence-electron chi connectivity index (χ0n) is 43.8. The van der Waals surface area contributed by atoms with Gasteiger partial charge in [0.25, 0.3) is 6.47 Å². The van der Waals surface area contributed by atoms with Crippen molar-refractivity contribution in [3.63, 3.8) is 0 Å². The second kappa shape index (κ2) is 32.6. The fourth-order valence-corrected chi connectivity index (χ4v) is 7.73. The Morgan fingerprint density at radius 3 is 1.34 bits per heavy atom. The number of carbonyl (C=O) groups is 1. The van der Waals surface area contributed by atoms with Gasteiger partial charge in [-0.2, -0.15) is 0 Å². The van der Waals surface area contributed by atoms with Crippen molar-refractivity contribution >= 4 is 18.1 Å². The van der Waals surface area contributed by atoms with Gasteiger partial charge in [0, 0.05) is 10.8 Å². The average Bonchev–Trinajstić information content (AvgIpc) is 4.18. The number of hydrogen-bond acceptors (Lipinski definition) is 10. The first-order valence-electron chi connectivity index (χ1n) is 23.2. The van der Waals surface area contributed by atoms with Crippen molar-refractivity contribution in [3.05, 3.63) is 192 Å². The number of alkyl halides is 1. The minimum absolute atomic E-state index is 0. The Morgan fingerprint density at radius 2 is 0.944 bits per heavy atom. The first-order valence-corrected chi connectivity index (χ1v) is 23.7. The van der Waals surface area contributed by atoms with Gasteiger partial charge in [-0.3, -0.25) is 4.79 Å². The van der Waals surface area contributed by atoms with E-state index in [0.29, 0.717) is 50.2 Å². The number of phenols is 2. The molecule has 0 radical (unpaired) electrons. The maximum absolute atomic E-state index is 10.5. The molecule has 13 heteroatoms. The molecule has 4 aromatic rings. The second-order valence-corrected chi connectivity index (χ2v) is 18.3. The Balaban J connectivity index is 0.000000605. The van der Waals surface area contributed by atoms with Crippen molar-refractivity contribution in [2.24, 2.45) is 0 Å². The van der Waals surface area contributed by atoms with Crippen LogP contribution in [0.1, 0.15) is 84.8 Å². The smallest absolute Gasteiger partial charge is 1.00 e. The van der Waals surface area contributed by atoms with Gasteiger partial charge in [-0.15, -0.1) is 51.1 Å². The average molecular weight is 1040 g/mol. The van der Waals surface area contributed by atoms with Crippen LogP contribution < -0.4 is 118 Å². The number of rotatable bonds is 24. The molecule has 0 aromatic heterocycles. The number of halogens is 1.